The molecule has 1 aromatic carbocycles. The van der Waals surface area contributed by atoms with Gasteiger partial charge in [-0.2, -0.15) is 0 Å². The maximum absolute atomic E-state index is 11.9. The fourth-order valence-electron chi connectivity index (χ4n) is 1.87. The van der Waals surface area contributed by atoms with Gasteiger partial charge in [-0.3, -0.25) is 9.69 Å². The van der Waals surface area contributed by atoms with Crippen molar-refractivity contribution in [3.05, 3.63) is 29.8 Å². The van der Waals surface area contributed by atoms with Crippen LogP contribution >= 0.6 is 12.2 Å². The van der Waals surface area contributed by atoms with Crippen molar-refractivity contribution in [1.82, 2.24) is 4.90 Å². The molecule has 0 heterocycles. The van der Waals surface area contributed by atoms with Gasteiger partial charge in [0.25, 0.3) is 0 Å². The van der Waals surface area contributed by atoms with Crippen LogP contribution in [0.5, 0.6) is 0 Å². The number of unbranched alkanes of at least 4 members (excludes halogenated alkanes) is 2. The highest BCUT2D eigenvalue weighted by Crippen LogP contribution is 2.09. The van der Waals surface area contributed by atoms with Gasteiger partial charge >= 0.3 is 0 Å². The Kier molecular flexibility index (Phi) is 7.18. The molecule has 4 nitrogen and oxygen atoms in total. The van der Waals surface area contributed by atoms with Crippen molar-refractivity contribution < 1.29 is 4.79 Å². The highest BCUT2D eigenvalue weighted by atomic mass is 32.1. The average Bonchev–Trinajstić information content (AvgIpc) is 2.39. The van der Waals surface area contributed by atoms with E-state index in [1.165, 1.54) is 12.8 Å². The lowest BCUT2D eigenvalue weighted by molar-refractivity contribution is -0.117. The fourth-order valence-corrected chi connectivity index (χ4v) is 2.01. The van der Waals surface area contributed by atoms with E-state index in [-0.39, 0.29) is 5.91 Å². The van der Waals surface area contributed by atoms with Gasteiger partial charge in [-0.25, -0.2) is 0 Å². The lowest BCUT2D eigenvalue weighted by atomic mass is 10.2. The van der Waals surface area contributed by atoms with Gasteiger partial charge in [0.05, 0.1) is 6.54 Å². The average molecular weight is 293 g/mol. The number of thiocarbonyl (C=S) groups is 1. The van der Waals surface area contributed by atoms with Crippen LogP contribution in [0.3, 0.4) is 0 Å². The molecule has 1 amide bonds. The molecule has 110 valence electrons. The first-order chi connectivity index (χ1) is 9.52. The summed E-state index contributed by atoms with van der Waals surface area (Å²) in [5, 5.41) is 2.86. The number of hydrogen-bond acceptors (Lipinski definition) is 3. The van der Waals surface area contributed by atoms with Crippen LogP contribution < -0.4 is 11.1 Å². The molecule has 0 spiro atoms. The fraction of sp³-hybridized carbons (Fsp3) is 0.467. The number of carbonyl (C=O) groups excluding carboxylic acids is 1. The lowest BCUT2D eigenvalue weighted by Gasteiger charge is -2.16. The van der Waals surface area contributed by atoms with Crippen molar-refractivity contribution in [1.29, 1.82) is 0 Å². The number of likely N-dealkylation sites (N-methyl/N-ethyl adjacent to an activating group) is 1. The van der Waals surface area contributed by atoms with E-state index in [1.807, 2.05) is 36.2 Å². The molecule has 0 aliphatic heterocycles. The molecule has 0 unspecified atom stereocenters. The van der Waals surface area contributed by atoms with E-state index >= 15 is 0 Å². The SMILES string of the molecule is CCCCCN(C)CC(=O)Nc1ccc(C(N)=S)cc1. The van der Waals surface area contributed by atoms with Gasteiger partial charge in [0.15, 0.2) is 0 Å². The van der Waals surface area contributed by atoms with Crippen molar-refractivity contribution in [3.63, 3.8) is 0 Å². The van der Waals surface area contributed by atoms with Crippen molar-refractivity contribution in [2.45, 2.75) is 26.2 Å². The second-order valence-electron chi connectivity index (χ2n) is 4.93. The van der Waals surface area contributed by atoms with Crippen LogP contribution in [0.25, 0.3) is 0 Å². The van der Waals surface area contributed by atoms with E-state index in [0.29, 0.717) is 11.5 Å². The summed E-state index contributed by atoms with van der Waals surface area (Å²) in [5.74, 6) is -0.00734. The molecule has 0 saturated carbocycles. The highest BCUT2D eigenvalue weighted by Gasteiger charge is 2.06. The van der Waals surface area contributed by atoms with Gasteiger partial charge in [0.1, 0.15) is 4.99 Å². The molecule has 0 aromatic heterocycles. The van der Waals surface area contributed by atoms with E-state index in [9.17, 15) is 4.79 Å². The summed E-state index contributed by atoms with van der Waals surface area (Å²) < 4.78 is 0. The summed E-state index contributed by atoms with van der Waals surface area (Å²) in [6, 6.07) is 7.23. The van der Waals surface area contributed by atoms with Crippen LogP contribution in [0.15, 0.2) is 24.3 Å². The van der Waals surface area contributed by atoms with E-state index in [4.69, 9.17) is 18.0 Å². The summed E-state index contributed by atoms with van der Waals surface area (Å²) >= 11 is 4.88. The molecule has 1 aromatic rings. The first kappa shape index (κ1) is 16.6. The van der Waals surface area contributed by atoms with Gasteiger partial charge in [-0.05, 0) is 44.3 Å². The summed E-state index contributed by atoms with van der Waals surface area (Å²) in [5.41, 5.74) is 7.09. The predicted molar refractivity (Wildman–Crippen MR) is 88.0 cm³/mol. The Hall–Kier alpha value is -1.46. The Bertz CT molecular complexity index is 445. The molecule has 0 atom stereocenters. The van der Waals surface area contributed by atoms with E-state index in [0.717, 1.165) is 24.2 Å². The third-order valence-corrected chi connectivity index (χ3v) is 3.25. The van der Waals surface area contributed by atoms with Crippen molar-refractivity contribution in [2.75, 3.05) is 25.5 Å². The molecule has 0 fully saturated rings. The third kappa shape index (κ3) is 6.12. The molecule has 3 N–H and O–H groups in total. The Morgan fingerprint density at radius 3 is 2.50 bits per heavy atom. The van der Waals surface area contributed by atoms with Crippen molar-refractivity contribution in [3.8, 4) is 0 Å². The monoisotopic (exact) mass is 293 g/mol. The molecule has 0 saturated heterocycles. The number of nitrogens with two attached hydrogens (primary N) is 1. The van der Waals surface area contributed by atoms with Crippen LogP contribution in [0.2, 0.25) is 0 Å². The first-order valence-electron chi connectivity index (χ1n) is 6.91. The summed E-state index contributed by atoms with van der Waals surface area (Å²) in [6.07, 6.45) is 3.52. The molecule has 0 aliphatic rings. The smallest absolute Gasteiger partial charge is 0.238 e. The first-order valence-corrected chi connectivity index (χ1v) is 7.32. The molecule has 1 rings (SSSR count). The standard InChI is InChI=1S/C15H23N3OS/c1-3-4-5-10-18(2)11-14(19)17-13-8-6-12(7-9-13)15(16)20/h6-9H,3-5,10-11H2,1-2H3,(H2,16,20)(H,17,19). The van der Waals surface area contributed by atoms with Crippen LogP contribution in [0.1, 0.15) is 31.7 Å². The molecule has 0 radical (unpaired) electrons. The molecular formula is C15H23N3OS. The van der Waals surface area contributed by atoms with Gasteiger partial charge in [-0.15, -0.1) is 0 Å². The Balaban J connectivity index is 2.39. The Labute approximate surface area is 126 Å². The van der Waals surface area contributed by atoms with Gasteiger partial charge in [-0.1, -0.05) is 32.0 Å². The lowest BCUT2D eigenvalue weighted by Crippen LogP contribution is -2.30. The highest BCUT2D eigenvalue weighted by molar-refractivity contribution is 7.80. The summed E-state index contributed by atoms with van der Waals surface area (Å²) in [6.45, 7) is 3.52. The van der Waals surface area contributed by atoms with Crippen LogP contribution in [0, 0.1) is 0 Å². The zero-order chi connectivity index (χ0) is 15.0. The minimum Gasteiger partial charge on any atom is -0.389 e. The largest absolute Gasteiger partial charge is 0.389 e. The summed E-state index contributed by atoms with van der Waals surface area (Å²) in [4.78, 5) is 14.3. The zero-order valence-corrected chi connectivity index (χ0v) is 13.0. The topological polar surface area (TPSA) is 58.4 Å². The van der Waals surface area contributed by atoms with Crippen LogP contribution in [-0.4, -0.2) is 35.9 Å². The van der Waals surface area contributed by atoms with Crippen molar-refractivity contribution >= 4 is 28.8 Å². The molecule has 0 aliphatic carbocycles. The number of hydrogen-bond donors (Lipinski definition) is 2. The quantitative estimate of drug-likeness (QED) is 0.571. The number of amides is 1. The number of nitrogens with zero attached hydrogens (tertiary/aromatic N) is 1. The zero-order valence-electron chi connectivity index (χ0n) is 12.2. The minimum atomic E-state index is -0.00734. The van der Waals surface area contributed by atoms with E-state index in [1.54, 1.807) is 0 Å². The minimum absolute atomic E-state index is 0.00734. The number of carbonyl (C=O) groups is 1. The molecule has 5 heteroatoms. The summed E-state index contributed by atoms with van der Waals surface area (Å²) in [7, 11) is 1.96. The molecule has 0 bridgehead atoms. The number of rotatable bonds is 8. The van der Waals surface area contributed by atoms with Crippen LogP contribution in [-0.2, 0) is 4.79 Å². The maximum atomic E-state index is 11.9. The third-order valence-electron chi connectivity index (χ3n) is 3.01. The Morgan fingerprint density at radius 1 is 1.30 bits per heavy atom. The van der Waals surface area contributed by atoms with Crippen molar-refractivity contribution in [2.24, 2.45) is 5.73 Å². The number of anilines is 1. The van der Waals surface area contributed by atoms with Gasteiger partial charge in [0.2, 0.25) is 5.91 Å². The van der Waals surface area contributed by atoms with E-state index in [2.05, 4.69) is 12.2 Å². The van der Waals surface area contributed by atoms with E-state index < -0.39 is 0 Å². The number of benzene rings is 1. The maximum Gasteiger partial charge on any atom is 0.238 e. The Morgan fingerprint density at radius 2 is 1.95 bits per heavy atom. The predicted octanol–water partition coefficient (Wildman–Crippen LogP) is 2.38. The second-order valence-corrected chi connectivity index (χ2v) is 5.37. The molecule has 20 heavy (non-hydrogen) atoms. The second kappa shape index (κ2) is 8.66. The molecular weight excluding hydrogens is 270 g/mol. The normalized spacial score (nSPS) is 10.6. The van der Waals surface area contributed by atoms with Crippen LogP contribution in [0.4, 0.5) is 5.69 Å². The van der Waals surface area contributed by atoms with Gasteiger partial charge < -0.3 is 11.1 Å². The van der Waals surface area contributed by atoms with Gasteiger partial charge in [0, 0.05) is 11.3 Å². The number of nitrogens with one attached hydrogen (secondary N) is 1.